The number of ether oxygens (including phenoxy) is 1. The third-order valence-electron chi connectivity index (χ3n) is 2.12. The number of aromatic nitrogens is 2. The predicted molar refractivity (Wildman–Crippen MR) is 51.6 cm³/mol. The van der Waals surface area contributed by atoms with Crippen LogP contribution in [0.25, 0.3) is 0 Å². The van der Waals surface area contributed by atoms with Gasteiger partial charge >= 0.3 is 5.97 Å². The molecule has 5 heteroatoms. The molecule has 78 valence electrons. The molecule has 2 N–H and O–H groups in total. The van der Waals surface area contributed by atoms with Gasteiger partial charge in [-0.25, -0.2) is 9.78 Å². The van der Waals surface area contributed by atoms with E-state index in [9.17, 15) is 4.79 Å². The van der Waals surface area contributed by atoms with E-state index in [4.69, 9.17) is 5.73 Å². The van der Waals surface area contributed by atoms with Gasteiger partial charge in [-0.15, -0.1) is 0 Å². The van der Waals surface area contributed by atoms with Gasteiger partial charge in [-0.05, 0) is 13.8 Å². The molecule has 0 aromatic carbocycles. The average molecular weight is 197 g/mol. The summed E-state index contributed by atoms with van der Waals surface area (Å²) in [4.78, 5) is 15.2. The third kappa shape index (κ3) is 1.93. The molecule has 0 saturated heterocycles. The fourth-order valence-corrected chi connectivity index (χ4v) is 1.28. The summed E-state index contributed by atoms with van der Waals surface area (Å²) in [6.45, 7) is 3.59. The smallest absolute Gasteiger partial charge is 0.328 e. The van der Waals surface area contributed by atoms with E-state index in [0.717, 1.165) is 5.69 Å². The van der Waals surface area contributed by atoms with Crippen molar-refractivity contribution in [3.8, 4) is 0 Å². The van der Waals surface area contributed by atoms with E-state index in [1.807, 2.05) is 6.92 Å². The maximum absolute atomic E-state index is 11.3. The summed E-state index contributed by atoms with van der Waals surface area (Å²) in [5.74, 6) is -0.301. The van der Waals surface area contributed by atoms with Gasteiger partial charge < -0.3 is 15.0 Å². The molecule has 1 heterocycles. The zero-order valence-corrected chi connectivity index (χ0v) is 8.60. The first-order chi connectivity index (χ1) is 6.57. The molecule has 0 saturated carbocycles. The Hall–Kier alpha value is -1.36. The summed E-state index contributed by atoms with van der Waals surface area (Å²) in [6.07, 6.45) is 3.24. The molecule has 1 unspecified atom stereocenters. The third-order valence-corrected chi connectivity index (χ3v) is 2.12. The number of carbonyl (C=O) groups is 1. The lowest BCUT2D eigenvalue weighted by Crippen LogP contribution is -2.21. The highest BCUT2D eigenvalue weighted by molar-refractivity contribution is 5.73. The number of imidazole rings is 1. The number of esters is 1. The summed E-state index contributed by atoms with van der Waals surface area (Å²) >= 11 is 0. The van der Waals surface area contributed by atoms with Crippen molar-refractivity contribution >= 4 is 5.97 Å². The molecule has 0 spiro atoms. The van der Waals surface area contributed by atoms with Gasteiger partial charge in [-0.1, -0.05) is 0 Å². The molecule has 0 aliphatic carbocycles. The Morgan fingerprint density at radius 2 is 2.29 bits per heavy atom. The normalized spacial score (nSPS) is 14.9. The first kappa shape index (κ1) is 10.7. The molecule has 2 atom stereocenters. The van der Waals surface area contributed by atoms with Gasteiger partial charge in [0.15, 0.2) is 0 Å². The number of methoxy groups -OCH3 is 1. The maximum atomic E-state index is 11.3. The highest BCUT2D eigenvalue weighted by atomic mass is 16.5. The van der Waals surface area contributed by atoms with Crippen molar-refractivity contribution in [2.75, 3.05) is 7.11 Å². The number of hydrogen-bond donors (Lipinski definition) is 1. The molecule has 0 amide bonds. The van der Waals surface area contributed by atoms with Crippen molar-refractivity contribution in [3.63, 3.8) is 0 Å². The largest absolute Gasteiger partial charge is 0.467 e. The van der Waals surface area contributed by atoms with Crippen LogP contribution >= 0.6 is 0 Å². The SMILES string of the molecule is COC(=O)C(C)n1cncc1[C@@H](C)N. The Morgan fingerprint density at radius 1 is 1.64 bits per heavy atom. The monoisotopic (exact) mass is 197 g/mol. The van der Waals surface area contributed by atoms with Crippen LogP contribution in [0.2, 0.25) is 0 Å². The molecule has 0 aliphatic heterocycles. The van der Waals surface area contributed by atoms with Crippen LogP contribution in [0.15, 0.2) is 12.5 Å². The van der Waals surface area contributed by atoms with E-state index < -0.39 is 0 Å². The van der Waals surface area contributed by atoms with Crippen molar-refractivity contribution in [1.82, 2.24) is 9.55 Å². The van der Waals surface area contributed by atoms with Crippen molar-refractivity contribution in [2.24, 2.45) is 5.73 Å². The van der Waals surface area contributed by atoms with Crippen LogP contribution in [0.5, 0.6) is 0 Å². The van der Waals surface area contributed by atoms with Gasteiger partial charge in [0.05, 0.1) is 19.1 Å². The lowest BCUT2D eigenvalue weighted by atomic mass is 10.2. The van der Waals surface area contributed by atoms with Crippen molar-refractivity contribution in [1.29, 1.82) is 0 Å². The lowest BCUT2D eigenvalue weighted by Gasteiger charge is -2.15. The minimum atomic E-state index is -0.386. The summed E-state index contributed by atoms with van der Waals surface area (Å²) < 4.78 is 6.36. The van der Waals surface area contributed by atoms with Crippen LogP contribution in [0.4, 0.5) is 0 Å². The first-order valence-electron chi connectivity index (χ1n) is 4.43. The van der Waals surface area contributed by atoms with Crippen LogP contribution in [0.3, 0.4) is 0 Å². The topological polar surface area (TPSA) is 70.1 Å². The summed E-state index contributed by atoms with van der Waals surface area (Å²) in [5, 5.41) is 0. The quantitative estimate of drug-likeness (QED) is 0.722. The highest BCUT2D eigenvalue weighted by Gasteiger charge is 2.18. The Morgan fingerprint density at radius 3 is 2.79 bits per heavy atom. The molecule has 1 rings (SSSR count). The van der Waals surface area contributed by atoms with Crippen molar-refractivity contribution in [2.45, 2.75) is 25.9 Å². The fraction of sp³-hybridized carbons (Fsp3) is 0.556. The Bertz CT molecular complexity index is 320. The van der Waals surface area contributed by atoms with Crippen LogP contribution in [-0.2, 0) is 9.53 Å². The first-order valence-corrected chi connectivity index (χ1v) is 4.43. The number of nitrogens with zero attached hydrogens (tertiary/aromatic N) is 2. The molecule has 14 heavy (non-hydrogen) atoms. The molecular weight excluding hydrogens is 182 g/mol. The predicted octanol–water partition coefficient (Wildman–Crippen LogP) is 0.637. The average Bonchev–Trinajstić information content (AvgIpc) is 2.63. The van der Waals surface area contributed by atoms with Gasteiger partial charge in [0.1, 0.15) is 6.04 Å². The molecule has 0 radical (unpaired) electrons. The number of nitrogens with two attached hydrogens (primary N) is 1. The second kappa shape index (κ2) is 4.23. The van der Waals surface area contributed by atoms with E-state index in [-0.39, 0.29) is 18.1 Å². The number of rotatable bonds is 3. The highest BCUT2D eigenvalue weighted by Crippen LogP contribution is 2.15. The minimum Gasteiger partial charge on any atom is -0.467 e. The van der Waals surface area contributed by atoms with Crippen molar-refractivity contribution in [3.05, 3.63) is 18.2 Å². The van der Waals surface area contributed by atoms with Gasteiger partial charge in [0, 0.05) is 12.2 Å². The summed E-state index contributed by atoms with van der Waals surface area (Å²) in [5.41, 5.74) is 6.55. The summed E-state index contributed by atoms with van der Waals surface area (Å²) in [7, 11) is 1.36. The zero-order valence-electron chi connectivity index (χ0n) is 8.60. The fourth-order valence-electron chi connectivity index (χ4n) is 1.28. The number of hydrogen-bond acceptors (Lipinski definition) is 4. The van der Waals surface area contributed by atoms with Gasteiger partial charge in [0.2, 0.25) is 0 Å². The van der Waals surface area contributed by atoms with Crippen LogP contribution in [0.1, 0.15) is 31.6 Å². The Kier molecular flexibility index (Phi) is 3.24. The van der Waals surface area contributed by atoms with Gasteiger partial charge in [0.25, 0.3) is 0 Å². The molecule has 0 aliphatic rings. The van der Waals surface area contributed by atoms with E-state index >= 15 is 0 Å². The number of carbonyl (C=O) groups excluding carboxylic acids is 1. The van der Waals surface area contributed by atoms with Crippen LogP contribution in [-0.4, -0.2) is 22.6 Å². The van der Waals surface area contributed by atoms with Gasteiger partial charge in [-0.3, -0.25) is 0 Å². The molecule has 0 fully saturated rings. The summed E-state index contributed by atoms with van der Waals surface area (Å²) in [6, 6.07) is -0.534. The van der Waals surface area contributed by atoms with E-state index in [2.05, 4.69) is 9.72 Å². The van der Waals surface area contributed by atoms with Gasteiger partial charge in [-0.2, -0.15) is 0 Å². The van der Waals surface area contributed by atoms with Crippen LogP contribution in [0, 0.1) is 0 Å². The Balaban J connectivity index is 2.94. The maximum Gasteiger partial charge on any atom is 0.328 e. The van der Waals surface area contributed by atoms with E-state index in [0.29, 0.717) is 0 Å². The molecule has 1 aromatic heterocycles. The van der Waals surface area contributed by atoms with E-state index in [1.54, 1.807) is 24.0 Å². The molecular formula is C9H15N3O2. The molecule has 0 bridgehead atoms. The lowest BCUT2D eigenvalue weighted by molar-refractivity contribution is -0.144. The van der Waals surface area contributed by atoms with E-state index in [1.165, 1.54) is 7.11 Å². The Labute approximate surface area is 82.9 Å². The van der Waals surface area contributed by atoms with Crippen LogP contribution < -0.4 is 5.73 Å². The second-order valence-corrected chi connectivity index (χ2v) is 3.21. The molecule has 1 aromatic rings. The van der Waals surface area contributed by atoms with Crippen molar-refractivity contribution < 1.29 is 9.53 Å². The zero-order chi connectivity index (χ0) is 10.7. The second-order valence-electron chi connectivity index (χ2n) is 3.21. The standard InChI is InChI=1S/C9H15N3O2/c1-6(10)8-4-11-5-12(8)7(2)9(13)14-3/h4-7H,10H2,1-3H3/t6-,7?/m1/s1. The molecule has 5 nitrogen and oxygen atoms in total. The minimum absolute atomic E-state index is 0.149.